The number of nitrogens with one attached hydrogen (secondary N) is 1. The Morgan fingerprint density at radius 2 is 1.74 bits per heavy atom. The number of benzene rings is 3. The number of carbonyl (C=O) groups is 1. The smallest absolute Gasteiger partial charge is 0.322 e. The minimum atomic E-state index is -0.228. The van der Waals surface area contributed by atoms with Crippen LogP contribution in [0.15, 0.2) is 97.2 Å². The summed E-state index contributed by atoms with van der Waals surface area (Å²) in [6.45, 7) is 0.493. The van der Waals surface area contributed by atoms with Gasteiger partial charge in [0.15, 0.2) is 0 Å². The van der Waals surface area contributed by atoms with Crippen LogP contribution in [-0.2, 0) is 6.54 Å². The molecule has 31 heavy (non-hydrogen) atoms. The summed E-state index contributed by atoms with van der Waals surface area (Å²) in [5, 5.41) is 3.07. The molecule has 1 aliphatic rings. The Labute approximate surface area is 181 Å². The average Bonchev–Trinajstić information content (AvgIpc) is 3.24. The van der Waals surface area contributed by atoms with Crippen molar-refractivity contribution in [1.82, 2.24) is 9.47 Å². The van der Waals surface area contributed by atoms with Crippen LogP contribution in [0.25, 0.3) is 5.69 Å². The largest absolute Gasteiger partial charge is 0.497 e. The normalized spacial score (nSPS) is 14.9. The first-order chi connectivity index (χ1) is 15.2. The summed E-state index contributed by atoms with van der Waals surface area (Å²) in [6, 6.07) is 29.6. The average molecular weight is 409 g/mol. The summed E-state index contributed by atoms with van der Waals surface area (Å²) in [6.07, 6.45) is 2.06. The maximum Gasteiger partial charge on any atom is 0.322 e. The van der Waals surface area contributed by atoms with Gasteiger partial charge in [0, 0.05) is 23.6 Å². The van der Waals surface area contributed by atoms with Gasteiger partial charge in [-0.2, -0.15) is 0 Å². The van der Waals surface area contributed by atoms with Crippen LogP contribution in [0.5, 0.6) is 5.75 Å². The highest BCUT2D eigenvalue weighted by atomic mass is 16.5. The molecule has 1 atom stereocenters. The topological polar surface area (TPSA) is 46.5 Å². The van der Waals surface area contributed by atoms with Crippen molar-refractivity contribution in [3.63, 3.8) is 0 Å². The van der Waals surface area contributed by atoms with E-state index < -0.39 is 0 Å². The van der Waals surface area contributed by atoms with Crippen LogP contribution in [0.4, 0.5) is 10.5 Å². The van der Waals surface area contributed by atoms with E-state index in [0.717, 1.165) is 22.5 Å². The molecule has 5 nitrogen and oxygen atoms in total. The molecule has 2 heterocycles. The van der Waals surface area contributed by atoms with Crippen molar-refractivity contribution in [2.24, 2.45) is 0 Å². The lowest BCUT2D eigenvalue weighted by molar-refractivity contribution is 0.194. The van der Waals surface area contributed by atoms with Crippen molar-refractivity contribution >= 4 is 11.7 Å². The van der Waals surface area contributed by atoms with Gasteiger partial charge in [-0.25, -0.2) is 4.79 Å². The summed E-state index contributed by atoms with van der Waals surface area (Å²) in [4.78, 5) is 15.5. The SMILES string of the molecule is COc1cccc(NC(=O)N2Cc3ccccc3-n3cccc3[C@H]2c2ccccc2)c1. The predicted molar refractivity (Wildman–Crippen MR) is 122 cm³/mol. The molecular formula is C26H23N3O2. The molecule has 1 N–H and O–H groups in total. The van der Waals surface area contributed by atoms with Gasteiger partial charge in [-0.15, -0.1) is 0 Å². The fourth-order valence-corrected chi connectivity index (χ4v) is 4.22. The molecule has 4 aromatic rings. The number of fused-ring (bicyclic) bond motifs is 3. The van der Waals surface area contributed by atoms with E-state index in [0.29, 0.717) is 18.0 Å². The molecule has 0 saturated carbocycles. The fourth-order valence-electron chi connectivity index (χ4n) is 4.22. The van der Waals surface area contributed by atoms with Gasteiger partial charge >= 0.3 is 6.03 Å². The molecule has 0 spiro atoms. The second-order valence-electron chi connectivity index (χ2n) is 7.53. The van der Waals surface area contributed by atoms with Crippen molar-refractivity contribution < 1.29 is 9.53 Å². The van der Waals surface area contributed by atoms with Crippen molar-refractivity contribution in [3.8, 4) is 11.4 Å². The van der Waals surface area contributed by atoms with Gasteiger partial charge in [-0.05, 0) is 41.5 Å². The second kappa shape index (κ2) is 8.03. The predicted octanol–water partition coefficient (Wildman–Crippen LogP) is 5.62. The molecule has 0 saturated heterocycles. The zero-order valence-electron chi connectivity index (χ0n) is 17.2. The Balaban J connectivity index is 1.60. The number of amides is 2. The van der Waals surface area contributed by atoms with Crippen LogP contribution in [0.1, 0.15) is 22.9 Å². The summed E-state index contributed by atoms with van der Waals surface area (Å²) < 4.78 is 7.49. The Hall–Kier alpha value is -3.99. The van der Waals surface area contributed by atoms with E-state index in [1.807, 2.05) is 65.6 Å². The lowest BCUT2D eigenvalue weighted by Crippen LogP contribution is -2.37. The van der Waals surface area contributed by atoms with E-state index in [2.05, 4.69) is 46.4 Å². The number of para-hydroxylation sites is 1. The van der Waals surface area contributed by atoms with Crippen LogP contribution in [0, 0.1) is 0 Å². The molecule has 0 radical (unpaired) electrons. The van der Waals surface area contributed by atoms with Gasteiger partial charge in [0.2, 0.25) is 0 Å². The van der Waals surface area contributed by atoms with Crippen LogP contribution in [0.3, 0.4) is 0 Å². The molecule has 0 unspecified atom stereocenters. The van der Waals surface area contributed by atoms with Crippen molar-refractivity contribution in [2.75, 3.05) is 12.4 Å². The number of ether oxygens (including phenoxy) is 1. The van der Waals surface area contributed by atoms with Crippen LogP contribution >= 0.6 is 0 Å². The van der Waals surface area contributed by atoms with Gasteiger partial charge in [0.05, 0.1) is 25.4 Å². The van der Waals surface area contributed by atoms with Crippen molar-refractivity contribution in [3.05, 3.63) is 114 Å². The first-order valence-electron chi connectivity index (χ1n) is 10.3. The van der Waals surface area contributed by atoms with Crippen molar-refractivity contribution in [1.29, 1.82) is 0 Å². The van der Waals surface area contributed by atoms with E-state index >= 15 is 0 Å². The lowest BCUT2D eigenvalue weighted by Gasteiger charge is -2.31. The lowest BCUT2D eigenvalue weighted by atomic mass is 10.0. The van der Waals surface area contributed by atoms with Gasteiger partial charge < -0.3 is 19.5 Å². The molecule has 1 aliphatic heterocycles. The maximum atomic E-state index is 13.6. The molecule has 3 aromatic carbocycles. The van der Waals surface area contributed by atoms with E-state index in [1.54, 1.807) is 7.11 Å². The Morgan fingerprint density at radius 1 is 0.935 bits per heavy atom. The minimum absolute atomic E-state index is 0.161. The van der Waals surface area contributed by atoms with E-state index in [1.165, 1.54) is 0 Å². The summed E-state index contributed by atoms with van der Waals surface area (Å²) in [7, 11) is 1.62. The highest BCUT2D eigenvalue weighted by Crippen LogP contribution is 2.36. The standard InChI is InChI=1S/C26H23N3O2/c1-31-22-13-7-12-21(17-22)27-26(30)29-18-20-11-5-6-14-23(20)28-16-8-15-24(28)25(29)19-9-3-2-4-10-19/h2-17,25H,18H2,1H3,(H,27,30)/t25-/m1/s1. The number of rotatable bonds is 3. The molecule has 5 heteroatoms. The highest BCUT2D eigenvalue weighted by molar-refractivity contribution is 5.90. The number of carbonyl (C=O) groups excluding carboxylic acids is 1. The van der Waals surface area contributed by atoms with Gasteiger partial charge in [-0.1, -0.05) is 54.6 Å². The highest BCUT2D eigenvalue weighted by Gasteiger charge is 2.32. The van der Waals surface area contributed by atoms with Crippen LogP contribution < -0.4 is 10.1 Å². The summed E-state index contributed by atoms with van der Waals surface area (Å²) in [5.74, 6) is 0.701. The minimum Gasteiger partial charge on any atom is -0.497 e. The first-order valence-corrected chi connectivity index (χ1v) is 10.3. The van der Waals surface area contributed by atoms with E-state index in [-0.39, 0.29) is 12.1 Å². The number of urea groups is 1. The number of hydrogen-bond donors (Lipinski definition) is 1. The third-order valence-corrected chi connectivity index (χ3v) is 5.66. The number of methoxy groups -OCH3 is 1. The van der Waals surface area contributed by atoms with Crippen LogP contribution in [0.2, 0.25) is 0 Å². The molecular weight excluding hydrogens is 386 g/mol. The first kappa shape index (κ1) is 19.0. The maximum absolute atomic E-state index is 13.6. The molecule has 0 aliphatic carbocycles. The fraction of sp³-hybridized carbons (Fsp3) is 0.115. The van der Waals surface area contributed by atoms with Crippen molar-refractivity contribution in [2.45, 2.75) is 12.6 Å². The van der Waals surface area contributed by atoms with Gasteiger partial charge in [0.1, 0.15) is 5.75 Å². The quantitative estimate of drug-likeness (QED) is 0.477. The Morgan fingerprint density at radius 3 is 2.58 bits per heavy atom. The molecule has 2 amide bonds. The third kappa shape index (κ3) is 3.55. The van der Waals surface area contributed by atoms with Crippen LogP contribution in [-0.4, -0.2) is 22.6 Å². The zero-order valence-corrected chi connectivity index (χ0v) is 17.2. The monoisotopic (exact) mass is 409 g/mol. The van der Waals surface area contributed by atoms with E-state index in [4.69, 9.17) is 4.74 Å². The number of anilines is 1. The molecule has 5 rings (SSSR count). The van der Waals surface area contributed by atoms with E-state index in [9.17, 15) is 4.79 Å². The third-order valence-electron chi connectivity index (χ3n) is 5.66. The Kier molecular flexibility index (Phi) is 4.92. The number of aromatic nitrogens is 1. The number of hydrogen-bond acceptors (Lipinski definition) is 2. The molecule has 0 bridgehead atoms. The molecule has 1 aromatic heterocycles. The van der Waals surface area contributed by atoms with Gasteiger partial charge in [0.25, 0.3) is 0 Å². The summed E-state index contributed by atoms with van der Waals surface area (Å²) in [5.41, 5.74) is 5.01. The van der Waals surface area contributed by atoms with Gasteiger partial charge in [-0.3, -0.25) is 0 Å². The number of nitrogens with zero attached hydrogens (tertiary/aromatic N) is 2. The molecule has 154 valence electrons. The Bertz CT molecular complexity index is 1220. The molecule has 0 fully saturated rings. The second-order valence-corrected chi connectivity index (χ2v) is 7.53. The zero-order chi connectivity index (χ0) is 21.2. The summed E-state index contributed by atoms with van der Waals surface area (Å²) >= 11 is 0.